The number of fused-ring (bicyclic) bond motifs is 1. The van der Waals surface area contributed by atoms with Crippen molar-refractivity contribution in [1.29, 1.82) is 0 Å². The molecular formula is C15H14N2O2S. The molecule has 5 heteroatoms. The van der Waals surface area contributed by atoms with Crippen molar-refractivity contribution in [2.24, 2.45) is 0 Å². The van der Waals surface area contributed by atoms with Crippen molar-refractivity contribution in [3.63, 3.8) is 0 Å². The molecule has 0 atom stereocenters. The third kappa shape index (κ3) is 2.15. The van der Waals surface area contributed by atoms with Gasteiger partial charge in [-0.2, -0.15) is 0 Å². The molecule has 1 N–H and O–H groups in total. The van der Waals surface area contributed by atoms with Crippen molar-refractivity contribution in [2.75, 3.05) is 0 Å². The van der Waals surface area contributed by atoms with Crippen LogP contribution in [0.4, 0.5) is 0 Å². The Morgan fingerprint density at radius 2 is 2.00 bits per heavy atom. The van der Waals surface area contributed by atoms with Gasteiger partial charge in [-0.15, -0.1) is 11.3 Å². The molecule has 0 fully saturated rings. The summed E-state index contributed by atoms with van der Waals surface area (Å²) < 4.78 is 5.90. The molecule has 0 saturated carbocycles. The predicted octanol–water partition coefficient (Wildman–Crippen LogP) is 3.59. The zero-order valence-electron chi connectivity index (χ0n) is 11.3. The molecular weight excluding hydrogens is 272 g/mol. The number of ether oxygens (including phenoxy) is 1. The largest absolute Gasteiger partial charge is 0.438 e. The second-order valence-corrected chi connectivity index (χ2v) is 5.71. The summed E-state index contributed by atoms with van der Waals surface area (Å²) in [5.74, 6) is 1.16. The summed E-state index contributed by atoms with van der Waals surface area (Å²) in [5, 5.41) is 10.3. The van der Waals surface area contributed by atoms with E-state index in [9.17, 15) is 5.11 Å². The topological polar surface area (TPSA) is 55.2 Å². The van der Waals surface area contributed by atoms with Crippen molar-refractivity contribution in [3.05, 3.63) is 46.6 Å². The van der Waals surface area contributed by atoms with E-state index >= 15 is 0 Å². The van der Waals surface area contributed by atoms with E-state index in [2.05, 4.69) is 16.9 Å². The van der Waals surface area contributed by atoms with E-state index in [-0.39, 0.29) is 6.61 Å². The normalized spacial score (nSPS) is 10.9. The lowest BCUT2D eigenvalue weighted by molar-refractivity contribution is 0.276. The first-order valence-corrected chi connectivity index (χ1v) is 7.09. The Morgan fingerprint density at radius 1 is 1.20 bits per heavy atom. The number of aryl methyl sites for hydroxylation is 2. The minimum Gasteiger partial charge on any atom is -0.438 e. The molecule has 1 aromatic carbocycles. The van der Waals surface area contributed by atoms with E-state index in [0.29, 0.717) is 11.6 Å². The fraction of sp³-hybridized carbons (Fsp3) is 0.200. The number of para-hydroxylation sites is 1. The molecule has 4 nitrogen and oxygen atoms in total. The van der Waals surface area contributed by atoms with Crippen LogP contribution in [0.3, 0.4) is 0 Å². The highest BCUT2D eigenvalue weighted by Crippen LogP contribution is 2.36. The van der Waals surface area contributed by atoms with Gasteiger partial charge in [0.25, 0.3) is 0 Å². The van der Waals surface area contributed by atoms with E-state index in [0.717, 1.165) is 21.3 Å². The van der Waals surface area contributed by atoms with E-state index in [1.54, 1.807) is 11.3 Å². The summed E-state index contributed by atoms with van der Waals surface area (Å²) in [5.41, 5.74) is 1.88. The van der Waals surface area contributed by atoms with E-state index in [1.807, 2.05) is 31.2 Å². The van der Waals surface area contributed by atoms with Crippen molar-refractivity contribution in [3.8, 4) is 11.6 Å². The van der Waals surface area contributed by atoms with E-state index in [4.69, 9.17) is 4.74 Å². The average molecular weight is 286 g/mol. The molecule has 0 spiro atoms. The zero-order valence-corrected chi connectivity index (χ0v) is 12.1. The van der Waals surface area contributed by atoms with Gasteiger partial charge < -0.3 is 9.84 Å². The Kier molecular flexibility index (Phi) is 3.38. The van der Waals surface area contributed by atoms with Crippen LogP contribution in [0.5, 0.6) is 11.6 Å². The molecule has 3 rings (SSSR count). The molecule has 3 aromatic rings. The first-order valence-electron chi connectivity index (χ1n) is 6.28. The number of hydrogen-bond donors (Lipinski definition) is 1. The van der Waals surface area contributed by atoms with Crippen molar-refractivity contribution in [1.82, 2.24) is 9.97 Å². The number of nitrogens with zero attached hydrogens (tertiary/aromatic N) is 2. The Balaban J connectivity index is 2.11. The van der Waals surface area contributed by atoms with E-state index in [1.165, 1.54) is 11.2 Å². The first kappa shape index (κ1) is 13.0. The Hall–Kier alpha value is -1.98. The Bertz CT molecular complexity index is 768. The number of thiophene rings is 1. The summed E-state index contributed by atoms with van der Waals surface area (Å²) in [6, 6.07) is 7.40. The minimum atomic E-state index is -0.0634. The molecule has 2 aromatic heterocycles. The van der Waals surface area contributed by atoms with Crippen LogP contribution in [0.1, 0.15) is 16.0 Å². The van der Waals surface area contributed by atoms with Gasteiger partial charge in [0.1, 0.15) is 16.9 Å². The predicted molar refractivity (Wildman–Crippen MR) is 79.3 cm³/mol. The number of rotatable bonds is 3. The molecule has 2 heterocycles. The van der Waals surface area contributed by atoms with Gasteiger partial charge in [0.15, 0.2) is 0 Å². The fourth-order valence-electron chi connectivity index (χ4n) is 2.07. The van der Waals surface area contributed by atoms with Crippen LogP contribution in [0, 0.1) is 13.8 Å². The molecule has 102 valence electrons. The summed E-state index contributed by atoms with van der Waals surface area (Å²) in [6.07, 6.45) is 1.51. The van der Waals surface area contributed by atoms with Crippen LogP contribution in [0.15, 0.2) is 30.6 Å². The lowest BCUT2D eigenvalue weighted by atomic mass is 10.2. The standard InChI is InChI=1S/C15H14N2O2S/c1-9-10(2)20-15-13(9)14(16-8-17-15)19-12-6-4-3-5-11(12)7-18/h3-6,8,18H,7H2,1-2H3. The molecule has 0 amide bonds. The molecule has 0 aliphatic rings. The van der Waals surface area contributed by atoms with Crippen molar-refractivity contribution < 1.29 is 9.84 Å². The maximum Gasteiger partial charge on any atom is 0.231 e. The zero-order chi connectivity index (χ0) is 14.1. The van der Waals surface area contributed by atoms with Gasteiger partial charge in [0.2, 0.25) is 5.88 Å². The van der Waals surface area contributed by atoms with Crippen LogP contribution in [-0.4, -0.2) is 15.1 Å². The maximum absolute atomic E-state index is 9.36. The number of aliphatic hydroxyl groups excluding tert-OH is 1. The van der Waals surface area contributed by atoms with Gasteiger partial charge in [-0.1, -0.05) is 18.2 Å². The highest BCUT2D eigenvalue weighted by molar-refractivity contribution is 7.18. The van der Waals surface area contributed by atoms with Gasteiger partial charge in [-0.3, -0.25) is 0 Å². The van der Waals surface area contributed by atoms with Gasteiger partial charge >= 0.3 is 0 Å². The van der Waals surface area contributed by atoms with Crippen LogP contribution >= 0.6 is 11.3 Å². The van der Waals surface area contributed by atoms with Crippen LogP contribution in [0.25, 0.3) is 10.2 Å². The van der Waals surface area contributed by atoms with Gasteiger partial charge in [-0.05, 0) is 25.5 Å². The lowest BCUT2D eigenvalue weighted by Crippen LogP contribution is -1.94. The Morgan fingerprint density at radius 3 is 2.80 bits per heavy atom. The number of hydrogen-bond acceptors (Lipinski definition) is 5. The van der Waals surface area contributed by atoms with Crippen LogP contribution in [-0.2, 0) is 6.61 Å². The van der Waals surface area contributed by atoms with Gasteiger partial charge in [0, 0.05) is 10.4 Å². The number of aromatic nitrogens is 2. The third-order valence-electron chi connectivity index (χ3n) is 3.28. The smallest absolute Gasteiger partial charge is 0.231 e. The second-order valence-electron chi connectivity index (χ2n) is 4.51. The van der Waals surface area contributed by atoms with Gasteiger partial charge in [0.05, 0.1) is 12.0 Å². The van der Waals surface area contributed by atoms with Gasteiger partial charge in [-0.25, -0.2) is 9.97 Å². The molecule has 0 bridgehead atoms. The molecule has 0 aliphatic carbocycles. The number of aliphatic hydroxyl groups is 1. The van der Waals surface area contributed by atoms with E-state index < -0.39 is 0 Å². The summed E-state index contributed by atoms with van der Waals surface area (Å²) in [6.45, 7) is 4.04. The first-order chi connectivity index (χ1) is 9.70. The van der Waals surface area contributed by atoms with Crippen molar-refractivity contribution >= 4 is 21.6 Å². The second kappa shape index (κ2) is 5.19. The molecule has 0 radical (unpaired) electrons. The Labute approximate surface area is 120 Å². The summed E-state index contributed by atoms with van der Waals surface area (Å²) in [4.78, 5) is 10.7. The fourth-order valence-corrected chi connectivity index (χ4v) is 3.05. The highest BCUT2D eigenvalue weighted by Gasteiger charge is 2.14. The van der Waals surface area contributed by atoms with Crippen LogP contribution < -0.4 is 4.74 Å². The van der Waals surface area contributed by atoms with Crippen molar-refractivity contribution in [2.45, 2.75) is 20.5 Å². The number of benzene rings is 1. The maximum atomic E-state index is 9.36. The molecule has 0 saturated heterocycles. The van der Waals surface area contributed by atoms with Crippen LogP contribution in [0.2, 0.25) is 0 Å². The minimum absolute atomic E-state index is 0.0634. The summed E-state index contributed by atoms with van der Waals surface area (Å²) >= 11 is 1.63. The monoisotopic (exact) mass is 286 g/mol. The highest BCUT2D eigenvalue weighted by atomic mass is 32.1. The molecule has 0 aliphatic heterocycles. The SMILES string of the molecule is Cc1sc2ncnc(Oc3ccccc3CO)c2c1C. The molecule has 0 unspecified atom stereocenters. The molecule has 20 heavy (non-hydrogen) atoms. The third-order valence-corrected chi connectivity index (χ3v) is 4.40. The average Bonchev–Trinajstić information content (AvgIpc) is 2.76. The lowest BCUT2D eigenvalue weighted by Gasteiger charge is -2.09. The summed E-state index contributed by atoms with van der Waals surface area (Å²) in [7, 11) is 0. The quantitative estimate of drug-likeness (QED) is 0.799.